The number of allylic oxidation sites excluding steroid dienone is 13. The smallest absolute Gasteiger partial charge is 0.306 e. The van der Waals surface area contributed by atoms with Crippen molar-refractivity contribution in [2.24, 2.45) is 0 Å². The van der Waals surface area contributed by atoms with Crippen LogP contribution in [-0.4, -0.2) is 99.6 Å². The molecule has 0 bridgehead atoms. The van der Waals surface area contributed by atoms with E-state index in [4.69, 9.17) is 14.2 Å². The molecule has 0 radical (unpaired) electrons. The first kappa shape index (κ1) is 65.9. The Labute approximate surface area is 432 Å². The Kier molecular flexibility index (Phi) is 44.4. The first-order valence-electron chi connectivity index (χ1n) is 28.4. The minimum absolute atomic E-state index is 0.0693. The third kappa shape index (κ3) is 36.4. The minimum atomic E-state index is -1.63. The van der Waals surface area contributed by atoms with Gasteiger partial charge in [-0.3, -0.25) is 9.59 Å². The van der Waals surface area contributed by atoms with Gasteiger partial charge < -0.3 is 45.1 Å². The van der Waals surface area contributed by atoms with Crippen LogP contribution < -0.4 is 5.32 Å². The van der Waals surface area contributed by atoms with E-state index in [1.807, 2.05) is 66.8 Å². The molecule has 0 saturated carbocycles. The molecule has 11 nitrogen and oxygen atoms in total. The van der Waals surface area contributed by atoms with Crippen LogP contribution in [0.3, 0.4) is 0 Å². The van der Waals surface area contributed by atoms with Crippen molar-refractivity contribution in [3.05, 3.63) is 85.1 Å². The number of carbonyl (C=O) groups excluding carboxylic acids is 2. The number of rotatable bonds is 46. The highest BCUT2D eigenvalue weighted by atomic mass is 16.7. The van der Waals surface area contributed by atoms with E-state index < -0.39 is 67.4 Å². The molecule has 0 aromatic carbocycles. The van der Waals surface area contributed by atoms with Crippen LogP contribution in [0.5, 0.6) is 0 Å². The van der Waals surface area contributed by atoms with Gasteiger partial charge in [-0.2, -0.15) is 0 Å². The largest absolute Gasteiger partial charge is 0.454 e. The van der Waals surface area contributed by atoms with Crippen molar-refractivity contribution in [2.75, 3.05) is 13.2 Å². The summed E-state index contributed by atoms with van der Waals surface area (Å²) >= 11 is 0. The number of hydrogen-bond acceptors (Lipinski definition) is 10. The van der Waals surface area contributed by atoms with Gasteiger partial charge in [0, 0.05) is 6.42 Å². The van der Waals surface area contributed by atoms with E-state index >= 15 is 0 Å². The van der Waals surface area contributed by atoms with Crippen LogP contribution in [0.1, 0.15) is 220 Å². The molecule has 0 aliphatic carbocycles. The summed E-state index contributed by atoms with van der Waals surface area (Å²) in [7, 11) is 0. The van der Waals surface area contributed by atoms with Gasteiger partial charge in [0.05, 0.1) is 25.4 Å². The van der Waals surface area contributed by atoms with E-state index in [2.05, 4.69) is 38.2 Å². The molecule has 1 aliphatic rings. The second kappa shape index (κ2) is 47.8. The van der Waals surface area contributed by atoms with Crippen LogP contribution in [0.2, 0.25) is 0 Å². The maximum atomic E-state index is 13.4. The molecule has 408 valence electrons. The van der Waals surface area contributed by atoms with Crippen LogP contribution in [0.25, 0.3) is 0 Å². The van der Waals surface area contributed by atoms with Crippen molar-refractivity contribution in [1.82, 2.24) is 5.32 Å². The maximum absolute atomic E-state index is 13.4. The average Bonchev–Trinajstić information content (AvgIpc) is 3.37. The molecule has 8 unspecified atom stereocenters. The summed E-state index contributed by atoms with van der Waals surface area (Å²) in [6.07, 6.45) is 50.5. The number of unbranched alkanes of at least 4 members (excludes halogenated alkanes) is 25. The molecule has 1 aliphatic heterocycles. The van der Waals surface area contributed by atoms with Crippen molar-refractivity contribution in [2.45, 2.75) is 269 Å². The predicted molar refractivity (Wildman–Crippen MR) is 292 cm³/mol. The summed E-state index contributed by atoms with van der Waals surface area (Å²) in [5.41, 5.74) is 0. The van der Waals surface area contributed by atoms with Crippen molar-refractivity contribution >= 4 is 11.9 Å². The highest BCUT2D eigenvalue weighted by molar-refractivity contribution is 5.80. The van der Waals surface area contributed by atoms with Gasteiger partial charge in [0.2, 0.25) is 5.91 Å². The van der Waals surface area contributed by atoms with E-state index in [0.29, 0.717) is 12.8 Å². The Balaban J connectivity index is 2.76. The van der Waals surface area contributed by atoms with Crippen molar-refractivity contribution in [3.8, 4) is 0 Å². The minimum Gasteiger partial charge on any atom is -0.454 e. The number of esters is 1. The first-order chi connectivity index (χ1) is 34.7. The Hall–Kier alpha value is -3.16. The Bertz CT molecular complexity index is 1470. The van der Waals surface area contributed by atoms with Gasteiger partial charge in [-0.15, -0.1) is 0 Å². The predicted octanol–water partition coefficient (Wildman–Crippen LogP) is 12.6. The maximum Gasteiger partial charge on any atom is 0.306 e. The molecule has 0 aromatic heterocycles. The molecule has 0 aromatic rings. The number of amides is 1. The van der Waals surface area contributed by atoms with Gasteiger partial charge in [-0.1, -0.05) is 254 Å². The lowest BCUT2D eigenvalue weighted by molar-refractivity contribution is -0.305. The van der Waals surface area contributed by atoms with Crippen LogP contribution >= 0.6 is 0 Å². The van der Waals surface area contributed by atoms with Gasteiger partial charge in [0.25, 0.3) is 0 Å². The fourth-order valence-electron chi connectivity index (χ4n) is 8.45. The highest BCUT2D eigenvalue weighted by Crippen LogP contribution is 2.26. The summed E-state index contributed by atoms with van der Waals surface area (Å²) < 4.78 is 17.5. The quantitative estimate of drug-likeness (QED) is 0.0149. The summed E-state index contributed by atoms with van der Waals surface area (Å²) in [6, 6.07) is -1.03. The molecule has 1 amide bonds. The van der Waals surface area contributed by atoms with Gasteiger partial charge in [-0.25, -0.2) is 0 Å². The molecule has 1 rings (SSSR count). The number of carbonyl (C=O) groups is 2. The lowest BCUT2D eigenvalue weighted by atomic mass is 9.99. The molecule has 71 heavy (non-hydrogen) atoms. The average molecular weight is 998 g/mol. The van der Waals surface area contributed by atoms with E-state index in [9.17, 15) is 35.1 Å². The van der Waals surface area contributed by atoms with Crippen LogP contribution in [0.15, 0.2) is 85.1 Å². The van der Waals surface area contributed by atoms with E-state index in [-0.39, 0.29) is 19.4 Å². The Morgan fingerprint density at radius 1 is 0.563 bits per heavy atom. The molecule has 6 N–H and O–H groups in total. The second-order valence-electron chi connectivity index (χ2n) is 19.4. The van der Waals surface area contributed by atoms with E-state index in [0.717, 1.165) is 64.2 Å². The number of aliphatic hydroxyl groups excluding tert-OH is 5. The molecule has 1 heterocycles. The Morgan fingerprint density at radius 2 is 1.01 bits per heavy atom. The third-order valence-corrected chi connectivity index (χ3v) is 13.0. The molecule has 1 fully saturated rings. The lowest BCUT2D eigenvalue weighted by Crippen LogP contribution is -2.61. The molecule has 8 atom stereocenters. The zero-order valence-corrected chi connectivity index (χ0v) is 44.8. The van der Waals surface area contributed by atoms with Crippen LogP contribution in [0, 0.1) is 0 Å². The van der Waals surface area contributed by atoms with Crippen molar-refractivity contribution in [3.63, 3.8) is 0 Å². The van der Waals surface area contributed by atoms with Crippen LogP contribution in [0.4, 0.5) is 0 Å². The molecule has 0 spiro atoms. The summed E-state index contributed by atoms with van der Waals surface area (Å²) in [5.74, 6) is -1.24. The standard InChI is InChI=1S/C60H103NO10/c1-4-7-10-13-16-19-22-24-26-27-28-30-33-36-39-42-45-48-55(65)71-58-57(67)56(66)54(49-62)70-60(58)69-50-51(52(63)46-43-40-37-34-31-21-18-15-12-9-6-3)61-59(68)53(64)47-44-41-38-35-32-29-25-23-20-17-14-11-8-5-2/h7,10,13,16,19,22,24,26-28,30,33,43,46,51-54,56-58,60,62-64,66-67H,4-6,8-9,11-12,14-15,17-18,20-21,23,25,29,31-32,34-42,44-45,47-50H2,1-3H3,(H,61,68)/b10-7-,16-13+,22-19+,26-24-,28-27+,33-30+,46-43+. The SMILES string of the molecule is CC\C=C/C=C/C=C/C=C\C=C\C=C\CCCCCC(=O)OC1C(OCC(NC(=O)C(O)CCCCCCCCCCCCCCCC)C(O)/C=C/CCCCCCCCCCC)OC(CO)C(O)C1O. The highest BCUT2D eigenvalue weighted by Gasteiger charge is 2.47. The number of nitrogens with one attached hydrogen (secondary N) is 1. The lowest BCUT2D eigenvalue weighted by Gasteiger charge is -2.41. The summed E-state index contributed by atoms with van der Waals surface area (Å²) in [6.45, 7) is 5.59. The summed E-state index contributed by atoms with van der Waals surface area (Å²) in [5, 5.41) is 56.7. The van der Waals surface area contributed by atoms with Crippen molar-refractivity contribution in [1.29, 1.82) is 0 Å². The molecular weight excluding hydrogens is 895 g/mol. The van der Waals surface area contributed by atoms with Gasteiger partial charge in [0.1, 0.15) is 24.4 Å². The first-order valence-corrected chi connectivity index (χ1v) is 28.4. The third-order valence-electron chi connectivity index (χ3n) is 13.0. The zero-order chi connectivity index (χ0) is 51.8. The topological polar surface area (TPSA) is 175 Å². The normalized spacial score (nSPS) is 20.3. The second-order valence-corrected chi connectivity index (χ2v) is 19.4. The molecular formula is C60H103NO10. The van der Waals surface area contributed by atoms with Crippen molar-refractivity contribution < 1.29 is 49.3 Å². The number of ether oxygens (including phenoxy) is 3. The van der Waals surface area contributed by atoms with Crippen LogP contribution in [-0.2, 0) is 23.8 Å². The fraction of sp³-hybridized carbons (Fsp3) is 0.733. The van der Waals surface area contributed by atoms with Gasteiger partial charge in [-0.05, 0) is 44.9 Å². The zero-order valence-electron chi connectivity index (χ0n) is 44.8. The van der Waals surface area contributed by atoms with Gasteiger partial charge >= 0.3 is 5.97 Å². The molecule has 11 heteroatoms. The molecule has 1 saturated heterocycles. The monoisotopic (exact) mass is 998 g/mol. The fourth-order valence-corrected chi connectivity index (χ4v) is 8.45. The Morgan fingerprint density at radius 3 is 1.52 bits per heavy atom. The van der Waals surface area contributed by atoms with Gasteiger partial charge in [0.15, 0.2) is 12.4 Å². The van der Waals surface area contributed by atoms with E-state index in [1.54, 1.807) is 6.08 Å². The number of aliphatic hydroxyl groups is 5. The van der Waals surface area contributed by atoms with E-state index in [1.165, 1.54) is 109 Å². The number of hydrogen-bond donors (Lipinski definition) is 6. The summed E-state index contributed by atoms with van der Waals surface area (Å²) in [4.78, 5) is 26.4.